The second kappa shape index (κ2) is 7.97. The van der Waals surface area contributed by atoms with Crippen molar-refractivity contribution >= 4 is 17.5 Å². The molecule has 1 aliphatic carbocycles. The zero-order valence-corrected chi connectivity index (χ0v) is 16.2. The second-order valence-electron chi connectivity index (χ2n) is 7.38. The molecule has 0 radical (unpaired) electrons. The van der Waals surface area contributed by atoms with Crippen molar-refractivity contribution in [3.8, 4) is 11.5 Å². The molecule has 1 fully saturated rings. The van der Waals surface area contributed by atoms with Crippen LogP contribution in [0, 0.1) is 0 Å². The van der Waals surface area contributed by atoms with Crippen molar-refractivity contribution in [2.24, 2.45) is 0 Å². The number of aromatic carboxylic acids is 1. The van der Waals surface area contributed by atoms with Crippen LogP contribution >= 0.6 is 0 Å². The van der Waals surface area contributed by atoms with E-state index >= 15 is 0 Å². The van der Waals surface area contributed by atoms with Crippen LogP contribution in [0.5, 0.6) is 11.5 Å². The Morgan fingerprint density at radius 2 is 1.69 bits per heavy atom. The number of ketones is 2. The monoisotopic (exact) mass is 446 g/mol. The minimum atomic E-state index is -1.75. The van der Waals surface area contributed by atoms with E-state index in [9.17, 15) is 45.0 Å². The molecule has 2 aliphatic rings. The van der Waals surface area contributed by atoms with E-state index in [0.29, 0.717) is 0 Å². The number of carboxylic acid groups (broad SMARTS) is 1. The van der Waals surface area contributed by atoms with Crippen LogP contribution in [0.1, 0.15) is 42.2 Å². The summed E-state index contributed by atoms with van der Waals surface area (Å²) >= 11 is 0. The summed E-state index contributed by atoms with van der Waals surface area (Å²) < 4.78 is 10.8. The van der Waals surface area contributed by atoms with Gasteiger partial charge >= 0.3 is 5.97 Å². The highest BCUT2D eigenvalue weighted by Gasteiger charge is 2.45. The first-order valence-corrected chi connectivity index (χ1v) is 9.45. The fourth-order valence-corrected chi connectivity index (χ4v) is 3.78. The first-order chi connectivity index (χ1) is 15.1. The lowest BCUT2D eigenvalue weighted by molar-refractivity contribution is -0.277. The molecule has 1 heterocycles. The summed E-state index contributed by atoms with van der Waals surface area (Å²) in [6.07, 6.45) is -7.95. The van der Waals surface area contributed by atoms with E-state index in [1.165, 1.54) is 18.2 Å². The standard InChI is InChI=1S/C21H18O11/c22-6-12-16(25)18(27)19(28)21(32-12)31-11-3-1-2-8-14(11)17(26)13-9(15(8)24)4-7(20(29)30)5-10(13)23/h1-5,12,16,18-19,21-23,25,27-28H,6H2,(H,29,30)/t12-,16+,18-,19-,21-/m1/s1. The Hall–Kier alpha value is -3.35. The summed E-state index contributed by atoms with van der Waals surface area (Å²) in [4.78, 5) is 37.4. The maximum Gasteiger partial charge on any atom is 0.335 e. The Balaban J connectivity index is 1.76. The summed E-state index contributed by atoms with van der Waals surface area (Å²) in [5.41, 5.74) is -1.46. The number of aliphatic hydroxyl groups excluding tert-OH is 4. The number of carboxylic acids is 1. The molecular weight excluding hydrogens is 428 g/mol. The number of aliphatic hydroxyl groups is 4. The van der Waals surface area contributed by atoms with Crippen molar-refractivity contribution in [3.63, 3.8) is 0 Å². The largest absolute Gasteiger partial charge is 0.507 e. The molecule has 5 atom stereocenters. The smallest absolute Gasteiger partial charge is 0.335 e. The molecule has 0 spiro atoms. The van der Waals surface area contributed by atoms with E-state index in [1.54, 1.807) is 0 Å². The number of ether oxygens (including phenoxy) is 2. The highest BCUT2D eigenvalue weighted by atomic mass is 16.7. The minimum Gasteiger partial charge on any atom is -0.507 e. The predicted molar refractivity (Wildman–Crippen MR) is 103 cm³/mol. The third kappa shape index (κ3) is 3.32. The van der Waals surface area contributed by atoms with Gasteiger partial charge < -0.3 is 40.1 Å². The highest BCUT2D eigenvalue weighted by molar-refractivity contribution is 6.30. The van der Waals surface area contributed by atoms with Gasteiger partial charge in [0, 0.05) is 11.1 Å². The molecule has 0 bridgehead atoms. The number of fused-ring (bicyclic) bond motifs is 2. The normalized spacial score (nSPS) is 26.9. The topological polar surface area (TPSA) is 191 Å². The van der Waals surface area contributed by atoms with Crippen LogP contribution in [0.15, 0.2) is 30.3 Å². The van der Waals surface area contributed by atoms with Gasteiger partial charge in [-0.1, -0.05) is 12.1 Å². The molecule has 0 aromatic heterocycles. The fourth-order valence-electron chi connectivity index (χ4n) is 3.78. The van der Waals surface area contributed by atoms with Crippen molar-refractivity contribution < 1.29 is 54.5 Å². The van der Waals surface area contributed by atoms with Gasteiger partial charge in [-0.05, 0) is 18.2 Å². The van der Waals surface area contributed by atoms with Crippen molar-refractivity contribution in [1.82, 2.24) is 0 Å². The van der Waals surface area contributed by atoms with E-state index in [2.05, 4.69) is 0 Å². The zero-order valence-electron chi connectivity index (χ0n) is 16.2. The average molecular weight is 446 g/mol. The molecule has 11 heteroatoms. The molecular formula is C21H18O11. The van der Waals surface area contributed by atoms with Gasteiger partial charge in [0.1, 0.15) is 35.9 Å². The molecule has 0 saturated carbocycles. The highest BCUT2D eigenvalue weighted by Crippen LogP contribution is 2.38. The summed E-state index contributed by atoms with van der Waals surface area (Å²) in [7, 11) is 0. The van der Waals surface area contributed by atoms with E-state index < -0.39 is 66.2 Å². The van der Waals surface area contributed by atoms with Gasteiger partial charge in [0.25, 0.3) is 0 Å². The maximum atomic E-state index is 13.2. The Bertz CT molecular complexity index is 1120. The van der Waals surface area contributed by atoms with Crippen LogP contribution in [0.4, 0.5) is 0 Å². The number of carbonyl (C=O) groups excluding carboxylic acids is 2. The number of hydrogen-bond acceptors (Lipinski definition) is 10. The first kappa shape index (κ1) is 21.9. The van der Waals surface area contributed by atoms with Crippen LogP contribution in [0.25, 0.3) is 0 Å². The van der Waals surface area contributed by atoms with Gasteiger partial charge in [-0.3, -0.25) is 9.59 Å². The third-order valence-electron chi connectivity index (χ3n) is 5.43. The van der Waals surface area contributed by atoms with Crippen LogP contribution in [-0.4, -0.2) is 85.5 Å². The average Bonchev–Trinajstić information content (AvgIpc) is 2.77. The molecule has 1 saturated heterocycles. The fraction of sp³-hybridized carbons (Fsp3) is 0.286. The Morgan fingerprint density at radius 3 is 2.34 bits per heavy atom. The van der Waals surface area contributed by atoms with E-state index in [4.69, 9.17) is 9.47 Å². The number of carbonyl (C=O) groups is 3. The summed E-state index contributed by atoms with van der Waals surface area (Å²) in [6, 6.07) is 5.81. The molecule has 0 unspecified atom stereocenters. The van der Waals surface area contributed by atoms with Gasteiger partial charge in [0.2, 0.25) is 12.1 Å². The quantitative estimate of drug-likeness (QED) is 0.289. The summed E-state index contributed by atoms with van der Waals surface area (Å²) in [5, 5.41) is 58.8. The maximum absolute atomic E-state index is 13.2. The number of benzene rings is 2. The van der Waals surface area contributed by atoms with Crippen molar-refractivity contribution in [3.05, 3.63) is 58.1 Å². The number of rotatable bonds is 4. The van der Waals surface area contributed by atoms with E-state index in [1.807, 2.05) is 0 Å². The summed E-state index contributed by atoms with van der Waals surface area (Å²) in [5.74, 6) is -3.88. The number of phenolic OH excluding ortho intramolecular Hbond substituents is 1. The molecule has 11 nitrogen and oxygen atoms in total. The molecule has 1 aliphatic heterocycles. The van der Waals surface area contributed by atoms with Crippen LogP contribution in [0.2, 0.25) is 0 Å². The minimum absolute atomic E-state index is 0.133. The predicted octanol–water partition coefficient (Wildman–Crippen LogP) is -0.956. The summed E-state index contributed by atoms with van der Waals surface area (Å²) in [6.45, 7) is -0.692. The van der Waals surface area contributed by atoms with Gasteiger partial charge in [0.15, 0.2) is 5.78 Å². The van der Waals surface area contributed by atoms with Gasteiger partial charge in [-0.2, -0.15) is 0 Å². The van der Waals surface area contributed by atoms with Crippen LogP contribution in [0.3, 0.4) is 0 Å². The van der Waals surface area contributed by atoms with E-state index in [0.717, 1.165) is 12.1 Å². The van der Waals surface area contributed by atoms with Crippen LogP contribution in [-0.2, 0) is 4.74 Å². The number of phenols is 1. The molecule has 32 heavy (non-hydrogen) atoms. The lowest BCUT2D eigenvalue weighted by Gasteiger charge is -2.39. The SMILES string of the molecule is O=C(O)c1cc(O)c2c(c1)C(=O)c1cccc(O[C@@H]3O[C@H](CO)[C@H](O)[C@@H](O)[C@H]3O)c1C2=O. The molecule has 6 N–H and O–H groups in total. The molecule has 2 aromatic carbocycles. The van der Waals surface area contributed by atoms with Gasteiger partial charge in [-0.25, -0.2) is 4.79 Å². The molecule has 168 valence electrons. The third-order valence-corrected chi connectivity index (χ3v) is 5.43. The second-order valence-corrected chi connectivity index (χ2v) is 7.38. The van der Waals surface area contributed by atoms with Crippen molar-refractivity contribution in [1.29, 1.82) is 0 Å². The number of aromatic hydroxyl groups is 1. The Kier molecular flexibility index (Phi) is 5.44. The molecule has 2 aromatic rings. The van der Waals surface area contributed by atoms with Crippen LogP contribution < -0.4 is 4.74 Å². The van der Waals surface area contributed by atoms with Crippen molar-refractivity contribution in [2.45, 2.75) is 30.7 Å². The molecule has 4 rings (SSSR count). The van der Waals surface area contributed by atoms with Gasteiger partial charge in [-0.15, -0.1) is 0 Å². The van der Waals surface area contributed by atoms with Gasteiger partial charge in [0.05, 0.1) is 23.3 Å². The Morgan fingerprint density at radius 1 is 0.969 bits per heavy atom. The lowest BCUT2D eigenvalue weighted by Crippen LogP contribution is -2.60. The number of hydrogen-bond donors (Lipinski definition) is 6. The lowest BCUT2D eigenvalue weighted by atomic mass is 9.82. The van der Waals surface area contributed by atoms with E-state index in [-0.39, 0.29) is 28.0 Å². The molecule has 0 amide bonds. The zero-order chi connectivity index (χ0) is 23.3. The Labute approximate surface area is 179 Å². The van der Waals surface area contributed by atoms with Crippen molar-refractivity contribution in [2.75, 3.05) is 6.61 Å². The first-order valence-electron chi connectivity index (χ1n) is 9.45.